The molecular formula is C23H24N2O4. The van der Waals surface area contributed by atoms with E-state index in [1.54, 1.807) is 12.1 Å². The molecule has 1 aliphatic rings. The van der Waals surface area contributed by atoms with Crippen molar-refractivity contribution in [3.05, 3.63) is 65.9 Å². The molecule has 2 heterocycles. The van der Waals surface area contributed by atoms with Crippen molar-refractivity contribution < 1.29 is 19.0 Å². The zero-order valence-corrected chi connectivity index (χ0v) is 16.6. The zero-order valence-electron chi connectivity index (χ0n) is 16.6. The number of rotatable bonds is 5. The van der Waals surface area contributed by atoms with E-state index in [1.807, 2.05) is 54.2 Å². The number of hydrogen-bond donors (Lipinski definition) is 0. The summed E-state index contributed by atoms with van der Waals surface area (Å²) in [4.78, 5) is 12.0. The Morgan fingerprint density at radius 2 is 2.00 bits per heavy atom. The topological polar surface area (TPSA) is 62.6 Å². The number of aryl methyl sites for hydroxylation is 1. The van der Waals surface area contributed by atoms with Crippen LogP contribution < -0.4 is 4.74 Å². The summed E-state index contributed by atoms with van der Waals surface area (Å²) in [6.45, 7) is 2.76. The Morgan fingerprint density at radius 1 is 1.17 bits per heavy atom. The van der Waals surface area contributed by atoms with E-state index >= 15 is 0 Å². The van der Waals surface area contributed by atoms with Gasteiger partial charge in [-0.15, -0.1) is 0 Å². The molecule has 0 N–H and O–H groups in total. The van der Waals surface area contributed by atoms with Gasteiger partial charge in [-0.05, 0) is 50.5 Å². The molecule has 6 heteroatoms. The van der Waals surface area contributed by atoms with Crippen molar-refractivity contribution in [1.29, 1.82) is 0 Å². The van der Waals surface area contributed by atoms with Gasteiger partial charge in [0.1, 0.15) is 17.7 Å². The van der Waals surface area contributed by atoms with Crippen molar-refractivity contribution in [3.8, 4) is 22.8 Å². The molecule has 6 nitrogen and oxygen atoms in total. The van der Waals surface area contributed by atoms with Gasteiger partial charge in [0.25, 0.3) is 0 Å². The fraction of sp³-hybridized carbons (Fsp3) is 0.304. The van der Waals surface area contributed by atoms with Crippen LogP contribution in [0.5, 0.6) is 11.5 Å². The molecule has 0 aliphatic carbocycles. The molecule has 2 aromatic carbocycles. The van der Waals surface area contributed by atoms with Crippen LogP contribution in [0.3, 0.4) is 0 Å². The first-order valence-electron chi connectivity index (χ1n) is 9.78. The van der Waals surface area contributed by atoms with E-state index in [2.05, 4.69) is 0 Å². The van der Waals surface area contributed by atoms with Gasteiger partial charge in [-0.1, -0.05) is 29.8 Å². The van der Waals surface area contributed by atoms with Gasteiger partial charge >= 0.3 is 5.97 Å². The van der Waals surface area contributed by atoms with Crippen molar-refractivity contribution in [1.82, 2.24) is 9.78 Å². The van der Waals surface area contributed by atoms with Crippen LogP contribution in [0.4, 0.5) is 0 Å². The van der Waals surface area contributed by atoms with Crippen LogP contribution in [0.1, 0.15) is 41.4 Å². The van der Waals surface area contributed by atoms with E-state index in [0.717, 1.165) is 42.7 Å². The van der Waals surface area contributed by atoms with E-state index < -0.39 is 0 Å². The van der Waals surface area contributed by atoms with Gasteiger partial charge < -0.3 is 14.2 Å². The van der Waals surface area contributed by atoms with Gasteiger partial charge in [-0.25, -0.2) is 9.48 Å². The molecule has 1 saturated heterocycles. The molecule has 150 valence electrons. The summed E-state index contributed by atoms with van der Waals surface area (Å²) in [6.07, 6.45) is 4.84. The van der Waals surface area contributed by atoms with Crippen LogP contribution in [0.2, 0.25) is 0 Å². The highest BCUT2D eigenvalue weighted by Crippen LogP contribution is 2.35. The largest absolute Gasteiger partial charge is 0.465 e. The Labute approximate surface area is 170 Å². The summed E-state index contributed by atoms with van der Waals surface area (Å²) in [6, 6.07) is 15.1. The Bertz CT molecular complexity index is 988. The van der Waals surface area contributed by atoms with E-state index in [4.69, 9.17) is 19.3 Å². The molecule has 1 fully saturated rings. The summed E-state index contributed by atoms with van der Waals surface area (Å²) in [5.74, 6) is 0.957. The lowest BCUT2D eigenvalue weighted by Gasteiger charge is -2.22. The third-order valence-corrected chi connectivity index (χ3v) is 4.95. The molecule has 4 rings (SSSR count). The number of nitrogens with zero attached hydrogens (tertiary/aromatic N) is 2. The molecule has 0 amide bonds. The maximum Gasteiger partial charge on any atom is 0.337 e. The molecule has 1 atom stereocenters. The minimum absolute atomic E-state index is 0.110. The predicted molar refractivity (Wildman–Crippen MR) is 109 cm³/mol. The second-order valence-corrected chi connectivity index (χ2v) is 7.13. The van der Waals surface area contributed by atoms with Gasteiger partial charge in [-0.2, -0.15) is 5.10 Å². The van der Waals surface area contributed by atoms with Gasteiger partial charge in [0.2, 0.25) is 0 Å². The van der Waals surface area contributed by atoms with E-state index in [-0.39, 0.29) is 12.2 Å². The number of aromatic nitrogens is 2. The molecule has 1 unspecified atom stereocenters. The molecule has 0 bridgehead atoms. The summed E-state index contributed by atoms with van der Waals surface area (Å²) in [5, 5.41) is 4.76. The Kier molecular flexibility index (Phi) is 5.62. The van der Waals surface area contributed by atoms with E-state index in [1.165, 1.54) is 7.11 Å². The summed E-state index contributed by atoms with van der Waals surface area (Å²) in [5.41, 5.74) is 3.07. The second kappa shape index (κ2) is 8.49. The third kappa shape index (κ3) is 4.32. The third-order valence-electron chi connectivity index (χ3n) is 4.95. The first kappa shape index (κ1) is 19.2. The molecular weight excluding hydrogens is 368 g/mol. The maximum absolute atomic E-state index is 12.0. The highest BCUT2D eigenvalue weighted by molar-refractivity contribution is 5.91. The fourth-order valence-corrected chi connectivity index (χ4v) is 3.37. The number of benzene rings is 2. The number of esters is 1. The summed E-state index contributed by atoms with van der Waals surface area (Å²) < 4.78 is 18.7. The average molecular weight is 392 g/mol. The second-order valence-electron chi connectivity index (χ2n) is 7.13. The van der Waals surface area contributed by atoms with Crippen molar-refractivity contribution in [2.75, 3.05) is 13.7 Å². The molecule has 1 aliphatic heterocycles. The van der Waals surface area contributed by atoms with Crippen molar-refractivity contribution >= 4 is 5.97 Å². The molecule has 0 spiro atoms. The highest BCUT2D eigenvalue weighted by atomic mass is 16.5. The van der Waals surface area contributed by atoms with Crippen molar-refractivity contribution in [3.63, 3.8) is 0 Å². The lowest BCUT2D eigenvalue weighted by Crippen LogP contribution is -2.18. The SMILES string of the molecule is COC(=O)c1cccc(-c2nn(C3CCCCO3)cc2Oc2ccc(C)cc2)c1. The molecule has 1 aromatic heterocycles. The Hall–Kier alpha value is -3.12. The lowest BCUT2D eigenvalue weighted by molar-refractivity contribution is -0.0394. The number of hydrogen-bond acceptors (Lipinski definition) is 5. The van der Waals surface area contributed by atoms with Gasteiger partial charge in [0, 0.05) is 12.2 Å². The first-order chi connectivity index (χ1) is 14.1. The molecule has 29 heavy (non-hydrogen) atoms. The average Bonchev–Trinajstić information content (AvgIpc) is 3.19. The van der Waals surface area contributed by atoms with Crippen LogP contribution >= 0.6 is 0 Å². The van der Waals surface area contributed by atoms with E-state index in [0.29, 0.717) is 17.0 Å². The number of carbonyl (C=O) groups is 1. The first-order valence-corrected chi connectivity index (χ1v) is 9.78. The summed E-state index contributed by atoms with van der Waals surface area (Å²) in [7, 11) is 1.37. The molecule has 0 saturated carbocycles. The van der Waals surface area contributed by atoms with Gasteiger partial charge in [-0.3, -0.25) is 0 Å². The Morgan fingerprint density at radius 3 is 2.72 bits per heavy atom. The monoisotopic (exact) mass is 392 g/mol. The smallest absolute Gasteiger partial charge is 0.337 e. The van der Waals surface area contributed by atoms with Crippen molar-refractivity contribution in [2.24, 2.45) is 0 Å². The van der Waals surface area contributed by atoms with Crippen LogP contribution in [-0.4, -0.2) is 29.5 Å². The minimum atomic E-state index is -0.386. The summed E-state index contributed by atoms with van der Waals surface area (Å²) >= 11 is 0. The zero-order chi connectivity index (χ0) is 20.2. The number of carbonyl (C=O) groups excluding carboxylic acids is 1. The van der Waals surface area contributed by atoms with Crippen molar-refractivity contribution in [2.45, 2.75) is 32.4 Å². The van der Waals surface area contributed by atoms with E-state index in [9.17, 15) is 4.79 Å². The maximum atomic E-state index is 12.0. The van der Waals surface area contributed by atoms with Gasteiger partial charge in [0.05, 0.1) is 18.9 Å². The van der Waals surface area contributed by atoms with Crippen LogP contribution in [0, 0.1) is 6.92 Å². The van der Waals surface area contributed by atoms with Crippen LogP contribution in [0.15, 0.2) is 54.7 Å². The van der Waals surface area contributed by atoms with Gasteiger partial charge in [0.15, 0.2) is 5.75 Å². The quantitative estimate of drug-likeness (QED) is 0.563. The lowest BCUT2D eigenvalue weighted by atomic mass is 10.1. The molecule has 0 radical (unpaired) electrons. The highest BCUT2D eigenvalue weighted by Gasteiger charge is 2.22. The Balaban J connectivity index is 1.73. The predicted octanol–water partition coefficient (Wildman–Crippen LogP) is 5.14. The van der Waals surface area contributed by atoms with Crippen LogP contribution in [-0.2, 0) is 9.47 Å². The standard InChI is InChI=1S/C23H24N2O4/c1-16-9-11-19(12-10-16)29-20-15-25(21-8-3-4-13-28-21)24-22(20)17-6-5-7-18(14-17)23(26)27-2/h5-7,9-12,14-15,21H,3-4,8,13H2,1-2H3. The number of methoxy groups -OCH3 is 1. The van der Waals surface area contributed by atoms with Crippen LogP contribution in [0.25, 0.3) is 11.3 Å². The molecule has 3 aromatic rings. The normalized spacial score (nSPS) is 16.4. The number of ether oxygens (including phenoxy) is 3. The fourth-order valence-electron chi connectivity index (χ4n) is 3.37. The minimum Gasteiger partial charge on any atom is -0.465 e.